The zero-order valence-corrected chi connectivity index (χ0v) is 12.2. The molecule has 0 radical (unpaired) electrons. The van der Waals surface area contributed by atoms with E-state index in [4.69, 9.17) is 9.84 Å². The molecule has 4 nitrogen and oxygen atoms in total. The van der Waals surface area contributed by atoms with Crippen LogP contribution in [-0.4, -0.2) is 24.2 Å². The molecule has 0 aliphatic rings. The van der Waals surface area contributed by atoms with Gasteiger partial charge in [-0.2, -0.15) is 0 Å². The Balaban J connectivity index is 1.87. The van der Waals surface area contributed by atoms with Crippen LogP contribution in [0.3, 0.4) is 0 Å². The number of carboxylic acids is 1. The number of rotatable bonds is 6. The van der Waals surface area contributed by atoms with Gasteiger partial charge >= 0.3 is 5.97 Å². The molecule has 21 heavy (non-hydrogen) atoms. The molecule has 2 aromatic carbocycles. The van der Waals surface area contributed by atoms with E-state index < -0.39 is 5.97 Å². The number of carboxylic acid groups (broad SMARTS) is 1. The van der Waals surface area contributed by atoms with E-state index in [2.05, 4.69) is 31.3 Å². The summed E-state index contributed by atoms with van der Waals surface area (Å²) in [7, 11) is 0. The number of benzene rings is 2. The van der Waals surface area contributed by atoms with Gasteiger partial charge in [-0.05, 0) is 49.2 Å². The van der Waals surface area contributed by atoms with Gasteiger partial charge in [0, 0.05) is 12.2 Å². The summed E-state index contributed by atoms with van der Waals surface area (Å²) in [5.74, 6) is -0.584. The highest BCUT2D eigenvalue weighted by Crippen LogP contribution is 2.18. The number of ether oxygens (including phenoxy) is 1. The molecule has 2 N–H and O–H groups in total. The SMILES string of the molecule is Cc1ccc(NCCOc2ccccc2C(=O)O)cc1C. The van der Waals surface area contributed by atoms with Crippen molar-refractivity contribution >= 4 is 11.7 Å². The Morgan fingerprint density at radius 3 is 2.62 bits per heavy atom. The highest BCUT2D eigenvalue weighted by molar-refractivity contribution is 5.90. The molecule has 0 atom stereocenters. The lowest BCUT2D eigenvalue weighted by Crippen LogP contribution is -2.13. The van der Waals surface area contributed by atoms with Gasteiger partial charge < -0.3 is 15.2 Å². The summed E-state index contributed by atoms with van der Waals surface area (Å²) >= 11 is 0. The van der Waals surface area contributed by atoms with E-state index >= 15 is 0 Å². The lowest BCUT2D eigenvalue weighted by Gasteiger charge is -2.11. The van der Waals surface area contributed by atoms with Crippen molar-refractivity contribution in [2.45, 2.75) is 13.8 Å². The van der Waals surface area contributed by atoms with Gasteiger partial charge in [-0.25, -0.2) is 4.79 Å². The molecular weight excluding hydrogens is 266 g/mol. The molecule has 0 bridgehead atoms. The first-order valence-electron chi connectivity index (χ1n) is 6.84. The first-order chi connectivity index (χ1) is 10.1. The lowest BCUT2D eigenvalue weighted by molar-refractivity contribution is 0.0692. The van der Waals surface area contributed by atoms with Gasteiger partial charge in [0.05, 0.1) is 0 Å². The molecule has 0 amide bonds. The monoisotopic (exact) mass is 285 g/mol. The molecule has 0 spiro atoms. The summed E-state index contributed by atoms with van der Waals surface area (Å²) in [6.45, 7) is 5.15. The second kappa shape index (κ2) is 6.79. The first kappa shape index (κ1) is 14.9. The predicted molar refractivity (Wildman–Crippen MR) is 83.3 cm³/mol. The fourth-order valence-corrected chi connectivity index (χ4v) is 1.98. The summed E-state index contributed by atoms with van der Waals surface area (Å²) < 4.78 is 5.53. The number of aromatic carboxylic acids is 1. The van der Waals surface area contributed by atoms with Gasteiger partial charge in [-0.3, -0.25) is 0 Å². The Morgan fingerprint density at radius 1 is 1.14 bits per heavy atom. The van der Waals surface area contributed by atoms with Crippen LogP contribution in [0, 0.1) is 13.8 Å². The summed E-state index contributed by atoms with van der Waals surface area (Å²) in [5.41, 5.74) is 3.71. The van der Waals surface area contributed by atoms with Crippen molar-refractivity contribution < 1.29 is 14.6 Å². The number of carbonyl (C=O) groups is 1. The molecule has 0 aliphatic carbocycles. The van der Waals surface area contributed by atoms with Crippen LogP contribution < -0.4 is 10.1 Å². The summed E-state index contributed by atoms with van der Waals surface area (Å²) in [4.78, 5) is 11.0. The van der Waals surface area contributed by atoms with E-state index in [9.17, 15) is 4.79 Å². The van der Waals surface area contributed by atoms with Crippen LogP contribution in [0.5, 0.6) is 5.75 Å². The summed E-state index contributed by atoms with van der Waals surface area (Å²) in [5, 5.41) is 12.3. The molecule has 0 heterocycles. The Bertz CT molecular complexity index is 638. The maximum absolute atomic E-state index is 11.0. The highest BCUT2D eigenvalue weighted by atomic mass is 16.5. The molecule has 0 aliphatic heterocycles. The highest BCUT2D eigenvalue weighted by Gasteiger charge is 2.09. The van der Waals surface area contributed by atoms with Crippen molar-refractivity contribution in [2.24, 2.45) is 0 Å². The van der Waals surface area contributed by atoms with Crippen molar-refractivity contribution in [1.29, 1.82) is 0 Å². The normalized spacial score (nSPS) is 10.2. The molecule has 4 heteroatoms. The third-order valence-corrected chi connectivity index (χ3v) is 3.31. The number of aryl methyl sites for hydroxylation is 2. The number of anilines is 1. The molecule has 0 saturated carbocycles. The molecule has 0 fully saturated rings. The minimum atomic E-state index is -0.979. The third-order valence-electron chi connectivity index (χ3n) is 3.31. The fraction of sp³-hybridized carbons (Fsp3) is 0.235. The van der Waals surface area contributed by atoms with Crippen LogP contribution >= 0.6 is 0 Å². The predicted octanol–water partition coefficient (Wildman–Crippen LogP) is 3.49. The molecule has 0 unspecified atom stereocenters. The Morgan fingerprint density at radius 2 is 1.90 bits per heavy atom. The van der Waals surface area contributed by atoms with E-state index in [0.717, 1.165) is 5.69 Å². The van der Waals surface area contributed by atoms with E-state index in [-0.39, 0.29) is 5.56 Å². The van der Waals surface area contributed by atoms with E-state index in [1.54, 1.807) is 18.2 Å². The number of nitrogens with one attached hydrogen (secondary N) is 1. The van der Waals surface area contributed by atoms with Gasteiger partial charge in [-0.1, -0.05) is 18.2 Å². The average molecular weight is 285 g/mol. The van der Waals surface area contributed by atoms with Gasteiger partial charge in [0.15, 0.2) is 0 Å². The van der Waals surface area contributed by atoms with Gasteiger partial charge in [0.1, 0.15) is 17.9 Å². The fourth-order valence-electron chi connectivity index (χ4n) is 1.98. The van der Waals surface area contributed by atoms with Crippen LogP contribution in [0.4, 0.5) is 5.69 Å². The second-order valence-corrected chi connectivity index (χ2v) is 4.88. The van der Waals surface area contributed by atoms with Gasteiger partial charge in [0.25, 0.3) is 0 Å². The minimum absolute atomic E-state index is 0.184. The van der Waals surface area contributed by atoms with Crippen molar-refractivity contribution in [2.75, 3.05) is 18.5 Å². The lowest BCUT2D eigenvalue weighted by atomic mass is 10.1. The topological polar surface area (TPSA) is 58.6 Å². The average Bonchev–Trinajstić information content (AvgIpc) is 2.47. The largest absolute Gasteiger partial charge is 0.491 e. The van der Waals surface area contributed by atoms with Crippen molar-refractivity contribution in [3.63, 3.8) is 0 Å². The maximum atomic E-state index is 11.0. The van der Waals surface area contributed by atoms with Crippen LogP contribution in [0.1, 0.15) is 21.5 Å². The van der Waals surface area contributed by atoms with Crippen LogP contribution in [0.2, 0.25) is 0 Å². The summed E-state index contributed by atoms with van der Waals surface area (Å²) in [6, 6.07) is 12.8. The van der Waals surface area contributed by atoms with E-state index in [0.29, 0.717) is 18.9 Å². The van der Waals surface area contributed by atoms with Gasteiger partial charge in [-0.15, -0.1) is 0 Å². The number of hydrogen-bond donors (Lipinski definition) is 2. The molecular formula is C17H19NO3. The smallest absolute Gasteiger partial charge is 0.339 e. The Kier molecular flexibility index (Phi) is 4.82. The summed E-state index contributed by atoms with van der Waals surface area (Å²) in [6.07, 6.45) is 0. The molecule has 0 saturated heterocycles. The minimum Gasteiger partial charge on any atom is -0.491 e. The first-order valence-corrected chi connectivity index (χ1v) is 6.84. The van der Waals surface area contributed by atoms with Crippen LogP contribution in [0.25, 0.3) is 0 Å². The van der Waals surface area contributed by atoms with E-state index in [1.807, 2.05) is 6.07 Å². The standard InChI is InChI=1S/C17H19NO3/c1-12-7-8-14(11-13(12)2)18-9-10-21-16-6-4-3-5-15(16)17(19)20/h3-8,11,18H,9-10H2,1-2H3,(H,19,20). The third kappa shape index (κ3) is 3.99. The van der Waals surface area contributed by atoms with E-state index in [1.165, 1.54) is 17.2 Å². The maximum Gasteiger partial charge on any atom is 0.339 e. The molecule has 0 aromatic heterocycles. The molecule has 110 valence electrons. The van der Waals surface area contributed by atoms with Gasteiger partial charge in [0.2, 0.25) is 0 Å². The second-order valence-electron chi connectivity index (χ2n) is 4.88. The molecule has 2 aromatic rings. The van der Waals surface area contributed by atoms with Crippen LogP contribution in [0.15, 0.2) is 42.5 Å². The van der Waals surface area contributed by atoms with Crippen molar-refractivity contribution in [1.82, 2.24) is 0 Å². The zero-order valence-electron chi connectivity index (χ0n) is 12.2. The van der Waals surface area contributed by atoms with Crippen molar-refractivity contribution in [3.05, 3.63) is 59.2 Å². The van der Waals surface area contributed by atoms with Crippen LogP contribution in [-0.2, 0) is 0 Å². The Hall–Kier alpha value is -2.49. The quantitative estimate of drug-likeness (QED) is 0.798. The Labute approximate surface area is 124 Å². The zero-order chi connectivity index (χ0) is 15.2. The number of para-hydroxylation sites is 1. The van der Waals surface area contributed by atoms with Crippen molar-refractivity contribution in [3.8, 4) is 5.75 Å². The molecule has 2 rings (SSSR count). The number of hydrogen-bond acceptors (Lipinski definition) is 3.